The van der Waals surface area contributed by atoms with Gasteiger partial charge in [-0.3, -0.25) is 23.7 Å². The molecular formula is C31H38N6O14P3S+. The van der Waals surface area contributed by atoms with Gasteiger partial charge in [-0.1, -0.05) is 11.8 Å². The second-order valence-corrected chi connectivity index (χ2v) is 17.9. The molecule has 3 aliphatic rings. The topological polar surface area (TPSA) is 272 Å². The Labute approximate surface area is 316 Å². The molecule has 1 aromatic carbocycles. The summed E-state index contributed by atoms with van der Waals surface area (Å²) >= 11 is 1.67. The lowest BCUT2D eigenvalue weighted by Gasteiger charge is -2.19. The number of carbonyl (C=O) groups excluding carboxylic acids is 1. The lowest BCUT2D eigenvalue weighted by Crippen LogP contribution is -2.33. The number of hydrogen-bond donors (Lipinski definition) is 6. The summed E-state index contributed by atoms with van der Waals surface area (Å²) in [5.41, 5.74) is 1.12. The highest BCUT2D eigenvalue weighted by Crippen LogP contribution is 2.66. The first kappa shape index (κ1) is 42.3. The quantitative estimate of drug-likeness (QED) is 0.0456. The van der Waals surface area contributed by atoms with Crippen LogP contribution in [0.2, 0.25) is 0 Å². The fourth-order valence-corrected chi connectivity index (χ4v) is 9.46. The maximum atomic E-state index is 12.5. The molecule has 2 aromatic rings. The number of benzene rings is 2. The van der Waals surface area contributed by atoms with E-state index in [0.29, 0.717) is 13.0 Å². The van der Waals surface area contributed by atoms with Crippen LogP contribution in [0, 0.1) is 11.8 Å². The summed E-state index contributed by atoms with van der Waals surface area (Å²) in [4.78, 5) is 83.7. The zero-order valence-corrected chi connectivity index (χ0v) is 33.1. The summed E-state index contributed by atoms with van der Waals surface area (Å²) in [5, 5.41) is 3.78. The van der Waals surface area contributed by atoms with Gasteiger partial charge in [-0.15, -0.1) is 11.3 Å². The van der Waals surface area contributed by atoms with E-state index in [9.17, 15) is 37.9 Å². The van der Waals surface area contributed by atoms with Crippen molar-refractivity contribution in [2.45, 2.75) is 38.0 Å². The summed E-state index contributed by atoms with van der Waals surface area (Å²) < 4.78 is 56.0. The molecule has 296 valence electrons. The van der Waals surface area contributed by atoms with Crippen LogP contribution < -0.4 is 31.4 Å². The van der Waals surface area contributed by atoms with Crippen molar-refractivity contribution in [2.75, 3.05) is 45.7 Å². The van der Waals surface area contributed by atoms with Gasteiger partial charge in [0.2, 0.25) is 11.3 Å². The van der Waals surface area contributed by atoms with Crippen LogP contribution in [0.1, 0.15) is 37.5 Å². The van der Waals surface area contributed by atoms with Gasteiger partial charge in [-0.25, -0.2) is 28.0 Å². The standard InChI is InChI=1S/C31H37N6O14P3S/c1-35(2)21-8-11-24-26(16-21)55-27-17-22(9-12-25(27)33-24)36(3)15-5-7-28(38)32-14-4-6-20-18-37(31(40)34-30(20)39)29-13-10-23(49-29)19-48-53(44,45)51-54(46,47)50-52(41,42)43/h8-9,11-12,16-18,23,29H,5,7,10,13-15,19H2,1-3H3,(H5-,32,34,38,39,40,41,42,43,44,45,46,47)/p+1/t23-,29+/m0/s1. The largest absolute Gasteiger partial charge is 0.490 e. The van der Waals surface area contributed by atoms with Gasteiger partial charge in [0.1, 0.15) is 25.9 Å². The van der Waals surface area contributed by atoms with Crippen LogP contribution in [0.5, 0.6) is 0 Å². The van der Waals surface area contributed by atoms with E-state index in [-0.39, 0.29) is 37.3 Å². The number of nitrogens with zero attached hydrogens (tertiary/aromatic N) is 4. The van der Waals surface area contributed by atoms with E-state index in [4.69, 9.17) is 19.5 Å². The third-order valence-corrected chi connectivity index (χ3v) is 12.9. The Kier molecular flexibility index (Phi) is 13.5. The number of phosphoric ester groups is 1. The highest BCUT2D eigenvalue weighted by Gasteiger charge is 2.41. The normalized spacial score (nSPS) is 17.9. The molecule has 1 fully saturated rings. The van der Waals surface area contributed by atoms with Crippen molar-refractivity contribution in [3.63, 3.8) is 0 Å². The Morgan fingerprint density at radius 1 is 1.11 bits per heavy atom. The Bertz CT molecular complexity index is 2450. The number of aromatic amines is 1. The van der Waals surface area contributed by atoms with Gasteiger partial charge >= 0.3 is 29.2 Å². The number of H-pyrrole nitrogens is 1. The van der Waals surface area contributed by atoms with Crippen molar-refractivity contribution in [3.8, 4) is 22.4 Å². The van der Waals surface area contributed by atoms with Crippen LogP contribution in [-0.2, 0) is 36.4 Å². The first-order valence-corrected chi connectivity index (χ1v) is 21.7. The van der Waals surface area contributed by atoms with Crippen LogP contribution in [0.25, 0.3) is 20.8 Å². The summed E-state index contributed by atoms with van der Waals surface area (Å²) in [6.45, 7) is -0.156. The fourth-order valence-electron chi connectivity index (χ4n) is 5.38. The Hall–Kier alpha value is -3.86. The van der Waals surface area contributed by atoms with Gasteiger partial charge in [-0.05, 0) is 43.5 Å². The minimum Gasteiger partial charge on any atom is -0.375 e. The van der Waals surface area contributed by atoms with Crippen LogP contribution in [0.3, 0.4) is 0 Å². The van der Waals surface area contributed by atoms with Gasteiger partial charge in [-0.2, -0.15) is 8.62 Å². The number of carbonyl (C=O) groups is 1. The molecule has 1 saturated heterocycles. The molecule has 4 atom stereocenters. The Morgan fingerprint density at radius 3 is 2.60 bits per heavy atom. The highest BCUT2D eigenvalue weighted by molar-refractivity contribution is 7.66. The van der Waals surface area contributed by atoms with Gasteiger partial charge in [0, 0.05) is 44.0 Å². The molecular weight excluding hydrogens is 805 g/mol. The Morgan fingerprint density at radius 2 is 1.87 bits per heavy atom. The SMILES string of the molecule is CN(CCCC(=O)NCC#Cc1cn([C@H]2CC[C@@H](COP(=O)(O)OP(=O)(O)OP(=O)(O)O)O2)c(=O)[nH]c1=O)c1ccc2nc3ccc(=[N+](C)C)cc-3sc2c1. The predicted octanol–water partition coefficient (Wildman–Crippen LogP) is 1.69. The molecule has 1 amide bonds. The second kappa shape index (κ2) is 17.5. The molecule has 2 aliphatic heterocycles. The van der Waals surface area contributed by atoms with Crippen LogP contribution in [-0.4, -0.2) is 87.0 Å². The van der Waals surface area contributed by atoms with Crippen LogP contribution >= 0.6 is 34.8 Å². The minimum atomic E-state index is -5.69. The number of fused-ring (bicyclic) bond motifs is 2. The molecule has 55 heavy (non-hydrogen) atoms. The van der Waals surface area contributed by atoms with Gasteiger partial charge in [0.25, 0.3) is 5.56 Å². The van der Waals surface area contributed by atoms with E-state index >= 15 is 0 Å². The number of rotatable bonds is 14. The number of ether oxygens (including phenoxy) is 1. The summed E-state index contributed by atoms with van der Waals surface area (Å²) in [6.07, 6.45) is 0.366. The lowest BCUT2D eigenvalue weighted by molar-refractivity contribution is -0.120. The van der Waals surface area contributed by atoms with E-state index in [0.717, 1.165) is 42.6 Å². The number of phosphoric acid groups is 3. The van der Waals surface area contributed by atoms with E-state index in [2.05, 4.69) is 52.3 Å². The maximum absolute atomic E-state index is 12.5. The van der Waals surface area contributed by atoms with Gasteiger partial charge in [0.05, 0.1) is 40.0 Å². The second-order valence-electron chi connectivity index (χ2n) is 12.4. The monoisotopic (exact) mass is 843 g/mol. The van der Waals surface area contributed by atoms with E-state index < -0.39 is 53.7 Å². The fraction of sp³-hybridized carbons (Fsp3) is 0.387. The first-order valence-electron chi connectivity index (χ1n) is 16.4. The summed E-state index contributed by atoms with van der Waals surface area (Å²) in [7, 11) is -10.7. The molecule has 0 bridgehead atoms. The molecule has 1 aliphatic carbocycles. The van der Waals surface area contributed by atoms with Crippen LogP contribution in [0.15, 0.2) is 52.2 Å². The molecule has 2 unspecified atom stereocenters. The zero-order chi connectivity index (χ0) is 40.1. The first-order chi connectivity index (χ1) is 25.8. The maximum Gasteiger partial charge on any atom is 0.490 e. The number of hydrogen-bond acceptors (Lipinski definition) is 13. The number of nitrogens with one attached hydrogen (secondary N) is 2. The van der Waals surface area contributed by atoms with E-state index in [1.165, 1.54) is 0 Å². The molecule has 24 heteroatoms. The van der Waals surface area contributed by atoms with Crippen molar-refractivity contribution in [1.29, 1.82) is 0 Å². The number of anilines is 1. The van der Waals surface area contributed by atoms with Crippen molar-refractivity contribution in [1.82, 2.24) is 24.4 Å². The lowest BCUT2D eigenvalue weighted by atomic mass is 10.2. The number of aromatic nitrogens is 3. The average Bonchev–Trinajstić information content (AvgIpc) is 3.56. The van der Waals surface area contributed by atoms with Gasteiger partial charge < -0.3 is 34.5 Å². The molecule has 0 radical (unpaired) electrons. The van der Waals surface area contributed by atoms with Crippen molar-refractivity contribution < 1.29 is 55.9 Å². The van der Waals surface area contributed by atoms with E-state index in [1.54, 1.807) is 11.3 Å². The smallest absolute Gasteiger partial charge is 0.375 e. The third kappa shape index (κ3) is 12.1. The summed E-state index contributed by atoms with van der Waals surface area (Å²) in [6, 6.07) is 12.3. The van der Waals surface area contributed by atoms with Crippen molar-refractivity contribution >= 4 is 56.6 Å². The van der Waals surface area contributed by atoms with Crippen molar-refractivity contribution in [2.24, 2.45) is 0 Å². The molecule has 0 saturated carbocycles. The molecule has 5 rings (SSSR count). The zero-order valence-electron chi connectivity index (χ0n) is 29.6. The highest BCUT2D eigenvalue weighted by atomic mass is 32.1. The molecule has 0 spiro atoms. The number of amides is 1. The summed E-state index contributed by atoms with van der Waals surface area (Å²) in [5.74, 6) is 5.06. The predicted molar refractivity (Wildman–Crippen MR) is 200 cm³/mol. The molecule has 1 aromatic heterocycles. The van der Waals surface area contributed by atoms with Crippen molar-refractivity contribution in [3.05, 3.63) is 74.4 Å². The Balaban J connectivity index is 1.09. The molecule has 6 N–H and O–H groups in total. The van der Waals surface area contributed by atoms with Crippen LogP contribution in [0.4, 0.5) is 5.69 Å². The van der Waals surface area contributed by atoms with E-state index in [1.807, 2.05) is 50.0 Å². The van der Waals surface area contributed by atoms with Gasteiger partial charge in [0.15, 0.2) is 0 Å². The molecule has 20 nitrogen and oxygen atoms in total. The average molecular weight is 844 g/mol. The molecule has 3 heterocycles. The third-order valence-electron chi connectivity index (χ3n) is 8.00. The minimum absolute atomic E-state index is 0.0710.